The lowest BCUT2D eigenvalue weighted by atomic mass is 10.1. The van der Waals surface area contributed by atoms with Crippen molar-refractivity contribution in [3.63, 3.8) is 0 Å². The number of fused-ring (bicyclic) bond motifs is 1. The van der Waals surface area contributed by atoms with E-state index < -0.39 is 0 Å². The largest absolute Gasteiger partial charge is 0.486 e. The molecule has 0 bridgehead atoms. The van der Waals surface area contributed by atoms with E-state index in [9.17, 15) is 0 Å². The van der Waals surface area contributed by atoms with Crippen LogP contribution >= 0.6 is 0 Å². The third kappa shape index (κ3) is 3.19. The Balaban J connectivity index is 1.74. The van der Waals surface area contributed by atoms with Gasteiger partial charge >= 0.3 is 0 Å². The molecule has 2 aromatic rings. The van der Waals surface area contributed by atoms with Gasteiger partial charge in [0.05, 0.1) is 11.8 Å². The van der Waals surface area contributed by atoms with Crippen LogP contribution in [0.15, 0.2) is 28.8 Å². The summed E-state index contributed by atoms with van der Waals surface area (Å²) in [6.45, 7) is 5.19. The lowest BCUT2D eigenvalue weighted by molar-refractivity contribution is 0.172. The summed E-state index contributed by atoms with van der Waals surface area (Å²) in [4.78, 5) is 4.34. The number of benzene rings is 1. The molecule has 0 spiro atoms. The van der Waals surface area contributed by atoms with Crippen molar-refractivity contribution in [1.29, 1.82) is 0 Å². The monoisotopic (exact) mass is 288 g/mol. The number of ether oxygens (including phenoxy) is 2. The van der Waals surface area contributed by atoms with Crippen LogP contribution in [0.3, 0.4) is 0 Å². The van der Waals surface area contributed by atoms with Gasteiger partial charge in [-0.15, -0.1) is 0 Å². The van der Waals surface area contributed by atoms with Crippen LogP contribution < -0.4 is 14.8 Å². The molecule has 1 N–H and O–H groups in total. The smallest absolute Gasteiger partial charge is 0.196 e. The second-order valence-corrected chi connectivity index (χ2v) is 4.95. The number of hydrogen-bond donors (Lipinski definition) is 1. The number of nitrogens with zero attached hydrogens (tertiary/aromatic N) is 1. The normalized spacial score (nSPS) is 13.4. The first-order chi connectivity index (χ1) is 10.4. The van der Waals surface area contributed by atoms with Crippen LogP contribution in [-0.4, -0.2) is 31.3 Å². The van der Waals surface area contributed by atoms with Crippen LogP contribution in [-0.2, 0) is 6.42 Å². The lowest BCUT2D eigenvalue weighted by Crippen LogP contribution is -2.17. The number of hydrogen-bond acceptors (Lipinski definition) is 5. The Kier molecular flexibility index (Phi) is 4.40. The molecule has 0 aliphatic carbocycles. The molecule has 5 nitrogen and oxygen atoms in total. The fourth-order valence-corrected chi connectivity index (χ4v) is 2.32. The Hall–Kier alpha value is -2.01. The summed E-state index contributed by atoms with van der Waals surface area (Å²) in [5, 5.41) is 3.34. The molecule has 0 radical (unpaired) electrons. The van der Waals surface area contributed by atoms with E-state index in [4.69, 9.17) is 13.9 Å². The average Bonchev–Trinajstić information content (AvgIpc) is 3.00. The number of rotatable bonds is 6. The molecular formula is C16H20N2O3. The van der Waals surface area contributed by atoms with Gasteiger partial charge in [-0.2, -0.15) is 0 Å². The van der Waals surface area contributed by atoms with E-state index in [0.717, 1.165) is 54.6 Å². The quantitative estimate of drug-likeness (QED) is 0.828. The van der Waals surface area contributed by atoms with Crippen molar-refractivity contribution in [3.05, 3.63) is 30.3 Å². The van der Waals surface area contributed by atoms with Crippen molar-refractivity contribution in [2.24, 2.45) is 0 Å². The molecule has 0 fully saturated rings. The Labute approximate surface area is 124 Å². The van der Waals surface area contributed by atoms with Crippen LogP contribution in [0, 0.1) is 0 Å². The van der Waals surface area contributed by atoms with E-state index in [-0.39, 0.29) is 0 Å². The molecule has 112 valence electrons. The van der Waals surface area contributed by atoms with Crippen molar-refractivity contribution >= 4 is 0 Å². The van der Waals surface area contributed by atoms with Gasteiger partial charge in [0.2, 0.25) is 0 Å². The first-order valence-electron chi connectivity index (χ1n) is 7.43. The molecular weight excluding hydrogens is 268 g/mol. The van der Waals surface area contributed by atoms with Crippen molar-refractivity contribution in [2.75, 3.05) is 26.3 Å². The summed E-state index contributed by atoms with van der Waals surface area (Å²) >= 11 is 0. The first-order valence-corrected chi connectivity index (χ1v) is 7.43. The number of para-hydroxylation sites is 1. The van der Waals surface area contributed by atoms with Crippen molar-refractivity contribution in [2.45, 2.75) is 19.8 Å². The summed E-state index contributed by atoms with van der Waals surface area (Å²) in [6, 6.07) is 5.81. The van der Waals surface area contributed by atoms with Gasteiger partial charge in [0.25, 0.3) is 0 Å². The molecule has 0 saturated carbocycles. The van der Waals surface area contributed by atoms with Crippen molar-refractivity contribution in [3.8, 4) is 22.8 Å². The maximum atomic E-state index is 5.83. The standard InChI is InChI=1S/C16H20N2O3/c1-2-7-17-8-6-15-18-11-14(21-15)12-4-3-5-13-16(12)20-10-9-19-13/h3-5,11,17H,2,6-10H2,1H3. The summed E-state index contributed by atoms with van der Waals surface area (Å²) < 4.78 is 17.1. The van der Waals surface area contributed by atoms with Gasteiger partial charge in [0, 0.05) is 13.0 Å². The topological polar surface area (TPSA) is 56.5 Å². The van der Waals surface area contributed by atoms with Gasteiger partial charge in [-0.3, -0.25) is 0 Å². The molecule has 1 aliphatic heterocycles. The van der Waals surface area contributed by atoms with E-state index in [1.807, 2.05) is 18.2 Å². The summed E-state index contributed by atoms with van der Waals surface area (Å²) in [5.74, 6) is 2.97. The minimum absolute atomic E-state index is 0.561. The Morgan fingerprint density at radius 2 is 2.10 bits per heavy atom. The predicted octanol–water partition coefficient (Wildman–Crippen LogP) is 2.65. The van der Waals surface area contributed by atoms with Crippen LogP contribution in [0.4, 0.5) is 0 Å². The van der Waals surface area contributed by atoms with Gasteiger partial charge in [-0.05, 0) is 25.1 Å². The fraction of sp³-hybridized carbons (Fsp3) is 0.438. The van der Waals surface area contributed by atoms with E-state index in [1.54, 1.807) is 6.20 Å². The Morgan fingerprint density at radius 1 is 1.19 bits per heavy atom. The highest BCUT2D eigenvalue weighted by atomic mass is 16.6. The SMILES string of the molecule is CCCNCCc1ncc(-c2cccc3c2OCCO3)o1. The Bertz CT molecular complexity index is 595. The molecule has 1 aromatic carbocycles. The molecule has 21 heavy (non-hydrogen) atoms. The minimum atomic E-state index is 0.561. The molecule has 2 heterocycles. The summed E-state index contributed by atoms with van der Waals surface area (Å²) in [5.41, 5.74) is 0.896. The molecule has 5 heteroatoms. The van der Waals surface area contributed by atoms with E-state index in [1.165, 1.54) is 0 Å². The maximum Gasteiger partial charge on any atom is 0.196 e. The predicted molar refractivity (Wildman–Crippen MR) is 79.8 cm³/mol. The second kappa shape index (κ2) is 6.63. The Morgan fingerprint density at radius 3 is 3.00 bits per heavy atom. The van der Waals surface area contributed by atoms with Crippen LogP contribution in [0.5, 0.6) is 11.5 Å². The zero-order valence-electron chi connectivity index (χ0n) is 12.2. The van der Waals surface area contributed by atoms with E-state index >= 15 is 0 Å². The molecule has 1 aliphatic rings. The summed E-state index contributed by atoms with van der Waals surface area (Å²) in [7, 11) is 0. The third-order valence-corrected chi connectivity index (χ3v) is 3.33. The molecule has 3 rings (SSSR count). The highest BCUT2D eigenvalue weighted by Gasteiger charge is 2.19. The second-order valence-electron chi connectivity index (χ2n) is 4.95. The van der Waals surface area contributed by atoms with Gasteiger partial charge < -0.3 is 19.2 Å². The van der Waals surface area contributed by atoms with E-state index in [2.05, 4.69) is 17.2 Å². The minimum Gasteiger partial charge on any atom is -0.486 e. The van der Waals surface area contributed by atoms with E-state index in [0.29, 0.717) is 13.2 Å². The third-order valence-electron chi connectivity index (χ3n) is 3.33. The molecule has 0 atom stereocenters. The zero-order chi connectivity index (χ0) is 14.5. The van der Waals surface area contributed by atoms with Crippen LogP contribution in [0.2, 0.25) is 0 Å². The number of oxazole rings is 1. The van der Waals surface area contributed by atoms with Gasteiger partial charge in [0.1, 0.15) is 13.2 Å². The van der Waals surface area contributed by atoms with Crippen molar-refractivity contribution < 1.29 is 13.9 Å². The number of aromatic nitrogens is 1. The maximum absolute atomic E-state index is 5.83. The molecule has 0 saturated heterocycles. The average molecular weight is 288 g/mol. The van der Waals surface area contributed by atoms with Gasteiger partial charge in [-0.25, -0.2) is 4.98 Å². The molecule has 0 amide bonds. The van der Waals surface area contributed by atoms with Crippen LogP contribution in [0.25, 0.3) is 11.3 Å². The molecule has 0 unspecified atom stereocenters. The van der Waals surface area contributed by atoms with Gasteiger partial charge in [0.15, 0.2) is 23.1 Å². The number of nitrogens with one attached hydrogen (secondary N) is 1. The van der Waals surface area contributed by atoms with Crippen LogP contribution in [0.1, 0.15) is 19.2 Å². The molecule has 1 aromatic heterocycles. The van der Waals surface area contributed by atoms with Gasteiger partial charge in [-0.1, -0.05) is 13.0 Å². The highest BCUT2D eigenvalue weighted by molar-refractivity contribution is 5.69. The fourth-order valence-electron chi connectivity index (χ4n) is 2.32. The first kappa shape index (κ1) is 13.9. The highest BCUT2D eigenvalue weighted by Crippen LogP contribution is 2.39. The lowest BCUT2D eigenvalue weighted by Gasteiger charge is -2.19. The zero-order valence-corrected chi connectivity index (χ0v) is 12.2. The summed E-state index contributed by atoms with van der Waals surface area (Å²) in [6.07, 6.45) is 3.67. The van der Waals surface area contributed by atoms with Crippen molar-refractivity contribution in [1.82, 2.24) is 10.3 Å².